The predicted octanol–water partition coefficient (Wildman–Crippen LogP) is 2.44. The monoisotopic (exact) mass is 228 g/mol. The Morgan fingerprint density at radius 2 is 2.40 bits per heavy atom. The van der Waals surface area contributed by atoms with Crippen molar-refractivity contribution in [3.8, 4) is 0 Å². The number of hydrogen-bond donors (Lipinski definition) is 0. The molecule has 0 aromatic carbocycles. The molecule has 0 saturated carbocycles. The van der Waals surface area contributed by atoms with Crippen LogP contribution in [-0.4, -0.2) is 22.8 Å². The fourth-order valence-electron chi connectivity index (χ4n) is 1.29. The number of pyridine rings is 1. The van der Waals surface area contributed by atoms with Gasteiger partial charge in [-0.15, -0.1) is 0 Å². The lowest BCUT2D eigenvalue weighted by atomic mass is 10.3. The highest BCUT2D eigenvalue weighted by Gasteiger charge is 2.13. The van der Waals surface area contributed by atoms with Gasteiger partial charge in [0.25, 0.3) is 0 Å². The van der Waals surface area contributed by atoms with Gasteiger partial charge in [-0.1, -0.05) is 11.6 Å². The van der Waals surface area contributed by atoms with E-state index in [4.69, 9.17) is 11.6 Å². The first-order chi connectivity index (χ1) is 7.13. The van der Waals surface area contributed by atoms with Crippen LogP contribution >= 0.6 is 11.6 Å². The minimum absolute atomic E-state index is 0.0103. The molecule has 0 aliphatic rings. The molecule has 0 bridgehead atoms. The summed E-state index contributed by atoms with van der Waals surface area (Å²) in [5.41, 5.74) is 0.145. The van der Waals surface area contributed by atoms with E-state index in [1.54, 1.807) is 0 Å². The Morgan fingerprint density at radius 3 is 3.07 bits per heavy atom. The zero-order valence-electron chi connectivity index (χ0n) is 7.70. The lowest BCUT2D eigenvalue weighted by Gasteiger charge is -2.01. The third-order valence-electron chi connectivity index (χ3n) is 1.95. The molecule has 0 radical (unpaired) electrons. The molecule has 0 aliphatic carbocycles. The molecule has 0 saturated heterocycles. The molecule has 0 unspecified atom stereocenters. The molecule has 2 heterocycles. The average molecular weight is 229 g/mol. The first-order valence-corrected chi connectivity index (χ1v) is 4.42. The number of carbonyl (C=O) groups is 1. The van der Waals surface area contributed by atoms with Crippen LogP contribution in [0.4, 0.5) is 9.18 Å². The zero-order chi connectivity index (χ0) is 11.0. The molecular formula is C9H6ClFN2O2. The number of carbonyl (C=O) groups excluding carboxylic acids is 1. The SMILES string of the molecule is COC(=O)n1ccc2c(F)cc(Cl)nc21. The normalized spacial score (nSPS) is 10.6. The number of hydrogen-bond acceptors (Lipinski definition) is 3. The molecule has 4 nitrogen and oxygen atoms in total. The fraction of sp³-hybridized carbons (Fsp3) is 0.111. The van der Waals surface area contributed by atoms with Gasteiger partial charge in [0.1, 0.15) is 11.0 Å². The van der Waals surface area contributed by atoms with E-state index in [0.717, 1.165) is 10.6 Å². The summed E-state index contributed by atoms with van der Waals surface area (Å²) in [5.74, 6) is -0.521. The summed E-state index contributed by atoms with van der Waals surface area (Å²) >= 11 is 5.58. The van der Waals surface area contributed by atoms with Crippen molar-refractivity contribution in [2.75, 3.05) is 7.11 Å². The second-order valence-corrected chi connectivity index (χ2v) is 3.21. The number of halogens is 2. The van der Waals surface area contributed by atoms with Crippen molar-refractivity contribution in [1.29, 1.82) is 0 Å². The molecule has 0 fully saturated rings. The maximum atomic E-state index is 13.3. The number of aromatic nitrogens is 2. The predicted molar refractivity (Wildman–Crippen MR) is 52.5 cm³/mol. The van der Waals surface area contributed by atoms with Gasteiger partial charge in [-0.05, 0) is 6.07 Å². The summed E-state index contributed by atoms with van der Waals surface area (Å²) in [6.07, 6.45) is 0.738. The van der Waals surface area contributed by atoms with Crippen LogP contribution in [0.15, 0.2) is 18.3 Å². The molecule has 2 rings (SSSR count). The van der Waals surface area contributed by atoms with Crippen molar-refractivity contribution in [3.63, 3.8) is 0 Å². The number of fused-ring (bicyclic) bond motifs is 1. The van der Waals surface area contributed by atoms with Gasteiger partial charge in [-0.3, -0.25) is 0 Å². The Kier molecular flexibility index (Phi) is 2.32. The van der Waals surface area contributed by atoms with Gasteiger partial charge >= 0.3 is 6.09 Å². The van der Waals surface area contributed by atoms with Crippen LogP contribution < -0.4 is 0 Å². The van der Waals surface area contributed by atoms with E-state index in [1.165, 1.54) is 19.4 Å². The smallest absolute Gasteiger partial charge is 0.419 e. The van der Waals surface area contributed by atoms with E-state index >= 15 is 0 Å². The van der Waals surface area contributed by atoms with Crippen molar-refractivity contribution in [2.24, 2.45) is 0 Å². The average Bonchev–Trinajstić information content (AvgIpc) is 2.60. The molecule has 0 aliphatic heterocycles. The Labute approximate surface area is 89.2 Å². The van der Waals surface area contributed by atoms with E-state index in [-0.39, 0.29) is 16.2 Å². The van der Waals surface area contributed by atoms with Crippen LogP contribution in [0.25, 0.3) is 11.0 Å². The van der Waals surface area contributed by atoms with Gasteiger partial charge in [0, 0.05) is 12.3 Å². The standard InChI is InChI=1S/C9H6ClFN2O2/c1-15-9(14)13-3-2-5-6(11)4-7(10)12-8(5)13/h2-4H,1H3. The molecular weight excluding hydrogens is 223 g/mol. The minimum Gasteiger partial charge on any atom is -0.452 e. The lowest BCUT2D eigenvalue weighted by molar-refractivity contribution is 0.174. The van der Waals surface area contributed by atoms with Crippen molar-refractivity contribution < 1.29 is 13.9 Å². The van der Waals surface area contributed by atoms with Crippen LogP contribution in [0.3, 0.4) is 0 Å². The highest BCUT2D eigenvalue weighted by molar-refractivity contribution is 6.29. The van der Waals surface area contributed by atoms with Crippen LogP contribution in [0.5, 0.6) is 0 Å². The molecule has 78 valence electrons. The Balaban J connectivity index is 2.74. The van der Waals surface area contributed by atoms with Gasteiger partial charge in [0.2, 0.25) is 0 Å². The van der Waals surface area contributed by atoms with Gasteiger partial charge < -0.3 is 4.74 Å². The van der Waals surface area contributed by atoms with Crippen molar-refractivity contribution >= 4 is 28.7 Å². The van der Waals surface area contributed by atoms with Crippen LogP contribution in [0.2, 0.25) is 5.15 Å². The van der Waals surface area contributed by atoms with Crippen molar-refractivity contribution in [2.45, 2.75) is 0 Å². The first kappa shape index (κ1) is 9.92. The maximum absolute atomic E-state index is 13.3. The lowest BCUT2D eigenvalue weighted by Crippen LogP contribution is -2.10. The van der Waals surface area contributed by atoms with Crippen LogP contribution in [-0.2, 0) is 4.74 Å². The van der Waals surface area contributed by atoms with Crippen molar-refractivity contribution in [1.82, 2.24) is 9.55 Å². The van der Waals surface area contributed by atoms with Gasteiger partial charge in [-0.25, -0.2) is 18.7 Å². The summed E-state index contributed by atoms with van der Waals surface area (Å²) in [4.78, 5) is 15.1. The topological polar surface area (TPSA) is 44.1 Å². The second kappa shape index (κ2) is 3.51. The van der Waals surface area contributed by atoms with E-state index < -0.39 is 11.9 Å². The first-order valence-electron chi connectivity index (χ1n) is 4.05. The second-order valence-electron chi connectivity index (χ2n) is 2.82. The molecule has 0 atom stereocenters. The summed E-state index contributed by atoms with van der Waals surface area (Å²) in [6, 6.07) is 2.52. The number of nitrogens with zero attached hydrogens (tertiary/aromatic N) is 2. The Hall–Kier alpha value is -1.62. The molecule has 0 amide bonds. The summed E-state index contributed by atoms with van der Waals surface area (Å²) in [7, 11) is 1.23. The van der Waals surface area contributed by atoms with Crippen molar-refractivity contribution in [3.05, 3.63) is 29.3 Å². The molecule has 0 spiro atoms. The highest BCUT2D eigenvalue weighted by Crippen LogP contribution is 2.20. The molecule has 15 heavy (non-hydrogen) atoms. The van der Waals surface area contributed by atoms with Crippen LogP contribution in [0, 0.1) is 5.82 Å². The third kappa shape index (κ3) is 1.55. The largest absolute Gasteiger partial charge is 0.452 e. The van der Waals surface area contributed by atoms with Crippen LogP contribution in [0.1, 0.15) is 0 Å². The number of rotatable bonds is 0. The quantitative estimate of drug-likeness (QED) is 0.651. The maximum Gasteiger partial charge on any atom is 0.419 e. The molecule has 6 heteroatoms. The van der Waals surface area contributed by atoms with Gasteiger partial charge in [-0.2, -0.15) is 0 Å². The number of ether oxygens (including phenoxy) is 1. The Morgan fingerprint density at radius 1 is 1.67 bits per heavy atom. The van der Waals surface area contributed by atoms with E-state index in [2.05, 4.69) is 9.72 Å². The summed E-state index contributed by atoms with van der Waals surface area (Å²) in [5, 5.41) is 0.216. The van der Waals surface area contributed by atoms with Gasteiger partial charge in [0.15, 0.2) is 5.65 Å². The minimum atomic E-state index is -0.640. The molecule has 2 aromatic rings. The number of methoxy groups -OCH3 is 1. The zero-order valence-corrected chi connectivity index (χ0v) is 8.45. The molecule has 2 aromatic heterocycles. The highest BCUT2D eigenvalue weighted by atomic mass is 35.5. The Bertz CT molecular complexity index is 538. The summed E-state index contributed by atoms with van der Waals surface area (Å²) < 4.78 is 18.9. The molecule has 0 N–H and O–H groups in total. The van der Waals surface area contributed by atoms with E-state index in [1.807, 2.05) is 0 Å². The van der Waals surface area contributed by atoms with E-state index in [9.17, 15) is 9.18 Å². The van der Waals surface area contributed by atoms with Gasteiger partial charge in [0.05, 0.1) is 12.5 Å². The van der Waals surface area contributed by atoms with E-state index in [0.29, 0.717) is 0 Å². The fourth-order valence-corrected chi connectivity index (χ4v) is 1.46. The third-order valence-corrected chi connectivity index (χ3v) is 2.14. The summed E-state index contributed by atoms with van der Waals surface area (Å²) in [6.45, 7) is 0.